The number of nitrogens with zero attached hydrogens (tertiary/aromatic N) is 1. The Hall–Kier alpha value is -1.33. The number of hydrogen-bond acceptors (Lipinski definition) is 4. The third-order valence-corrected chi connectivity index (χ3v) is 5.96. The van der Waals surface area contributed by atoms with E-state index in [9.17, 15) is 0 Å². The lowest BCUT2D eigenvalue weighted by Crippen LogP contribution is -2.40. The number of hydrogen-bond donors (Lipinski definition) is 2. The van der Waals surface area contributed by atoms with Crippen LogP contribution in [0.2, 0.25) is 0 Å². The molecule has 1 saturated carbocycles. The van der Waals surface area contributed by atoms with E-state index >= 15 is 0 Å². The Labute approximate surface area is 134 Å². The summed E-state index contributed by atoms with van der Waals surface area (Å²) in [4.78, 5) is 4.84. The number of pyridine rings is 1. The summed E-state index contributed by atoms with van der Waals surface area (Å²) in [6, 6.07) is 8.09. The summed E-state index contributed by atoms with van der Waals surface area (Å²) in [5.41, 5.74) is 8.69. The molecule has 0 atom stereocenters. The number of thioether (sulfide) groups is 1. The first kappa shape index (κ1) is 14.6. The number of aromatic nitrogens is 1. The Balaban J connectivity index is 1.98. The van der Waals surface area contributed by atoms with E-state index in [1.165, 1.54) is 19.3 Å². The molecule has 1 heterocycles. The second-order valence-corrected chi connectivity index (χ2v) is 7.24. The van der Waals surface area contributed by atoms with Gasteiger partial charge in [-0.15, -0.1) is 0 Å². The maximum absolute atomic E-state index is 5.87. The fraction of sp³-hybridized carbons (Fsp3) is 0.375. The van der Waals surface area contributed by atoms with Gasteiger partial charge in [-0.25, -0.2) is 0 Å². The number of anilines is 1. The summed E-state index contributed by atoms with van der Waals surface area (Å²) in [6.45, 7) is 0.942. The van der Waals surface area contributed by atoms with Gasteiger partial charge in [-0.1, -0.05) is 36.8 Å². The molecule has 1 aliphatic rings. The van der Waals surface area contributed by atoms with E-state index in [1.54, 1.807) is 6.20 Å². The van der Waals surface area contributed by atoms with E-state index < -0.39 is 0 Å². The molecule has 0 amide bonds. The number of benzene rings is 1. The molecule has 1 aromatic heterocycles. The van der Waals surface area contributed by atoms with Gasteiger partial charge in [0.05, 0.1) is 16.8 Å². The quantitative estimate of drug-likeness (QED) is 0.826. The molecule has 3 rings (SSSR count). The standard InChI is InChI=1S/C16H19N3S2/c1-21-16(7-4-8-16)10-19-14-11-5-2-3-6-13(11)18-9-12(14)15(17)20/h2-3,5-6,9H,4,7-8,10H2,1H3,(H2,17,20)(H,18,19). The number of nitrogens with two attached hydrogens (primary N) is 1. The second-order valence-electron chi connectivity index (χ2n) is 5.52. The molecule has 3 nitrogen and oxygen atoms in total. The topological polar surface area (TPSA) is 50.9 Å². The molecule has 5 heteroatoms. The molecule has 3 N–H and O–H groups in total. The van der Waals surface area contributed by atoms with Crippen LogP contribution in [0.1, 0.15) is 24.8 Å². The first-order chi connectivity index (χ1) is 10.2. The number of rotatable bonds is 5. The largest absolute Gasteiger partial charge is 0.389 e. The van der Waals surface area contributed by atoms with Crippen LogP contribution in [-0.4, -0.2) is 27.5 Å². The predicted molar refractivity (Wildman–Crippen MR) is 96.2 cm³/mol. The molecule has 1 aromatic carbocycles. The zero-order chi connectivity index (χ0) is 14.9. The lowest BCUT2D eigenvalue weighted by Gasteiger charge is -2.41. The Morgan fingerprint density at radius 1 is 1.43 bits per heavy atom. The first-order valence-electron chi connectivity index (χ1n) is 7.12. The van der Waals surface area contributed by atoms with Gasteiger partial charge in [-0.05, 0) is 25.2 Å². The maximum Gasteiger partial charge on any atom is 0.107 e. The molecule has 0 radical (unpaired) electrons. The second kappa shape index (κ2) is 5.81. The molecule has 0 aliphatic heterocycles. The van der Waals surface area contributed by atoms with Crippen LogP contribution in [-0.2, 0) is 0 Å². The van der Waals surface area contributed by atoms with Crippen molar-refractivity contribution in [1.82, 2.24) is 4.98 Å². The number of para-hydroxylation sites is 1. The molecule has 0 unspecified atom stereocenters. The van der Waals surface area contributed by atoms with E-state index in [2.05, 4.69) is 22.6 Å². The van der Waals surface area contributed by atoms with Crippen LogP contribution >= 0.6 is 24.0 Å². The number of thiocarbonyl (C=S) groups is 1. The predicted octanol–water partition coefficient (Wildman–Crippen LogP) is 3.57. The minimum Gasteiger partial charge on any atom is -0.389 e. The van der Waals surface area contributed by atoms with Crippen LogP contribution in [0.4, 0.5) is 5.69 Å². The molecule has 2 aromatic rings. The van der Waals surface area contributed by atoms with Crippen molar-refractivity contribution in [3.8, 4) is 0 Å². The van der Waals surface area contributed by atoms with Gasteiger partial charge in [0.2, 0.25) is 0 Å². The van der Waals surface area contributed by atoms with Crippen molar-refractivity contribution >= 4 is 45.6 Å². The van der Waals surface area contributed by atoms with Crippen LogP contribution in [0.25, 0.3) is 10.9 Å². The van der Waals surface area contributed by atoms with E-state index in [4.69, 9.17) is 18.0 Å². The summed E-state index contributed by atoms with van der Waals surface area (Å²) >= 11 is 7.14. The summed E-state index contributed by atoms with van der Waals surface area (Å²) in [5, 5.41) is 4.68. The molecule has 0 saturated heterocycles. The maximum atomic E-state index is 5.87. The van der Waals surface area contributed by atoms with Crippen molar-refractivity contribution in [3.05, 3.63) is 36.0 Å². The fourth-order valence-corrected chi connectivity index (χ4v) is 3.86. The minimum atomic E-state index is 0.359. The van der Waals surface area contributed by atoms with Crippen LogP contribution < -0.4 is 11.1 Å². The van der Waals surface area contributed by atoms with Crippen LogP contribution in [0.5, 0.6) is 0 Å². The first-order valence-corrected chi connectivity index (χ1v) is 8.75. The highest BCUT2D eigenvalue weighted by Crippen LogP contribution is 2.43. The van der Waals surface area contributed by atoms with Gasteiger partial charge in [-0.2, -0.15) is 11.8 Å². The van der Waals surface area contributed by atoms with E-state index in [-0.39, 0.29) is 0 Å². The Kier molecular flexibility index (Phi) is 4.04. The highest BCUT2D eigenvalue weighted by Gasteiger charge is 2.36. The van der Waals surface area contributed by atoms with Gasteiger partial charge in [0.1, 0.15) is 4.99 Å². The number of nitrogens with one attached hydrogen (secondary N) is 1. The van der Waals surface area contributed by atoms with Gasteiger partial charge in [0, 0.05) is 22.9 Å². The Bertz CT molecular complexity index is 675. The van der Waals surface area contributed by atoms with E-state index in [0.29, 0.717) is 9.74 Å². The lowest BCUT2D eigenvalue weighted by atomic mass is 9.84. The van der Waals surface area contributed by atoms with Crippen molar-refractivity contribution in [2.45, 2.75) is 24.0 Å². The molecular weight excluding hydrogens is 298 g/mol. The van der Waals surface area contributed by atoms with Crippen molar-refractivity contribution in [2.24, 2.45) is 5.73 Å². The molecular formula is C16H19N3S2. The SMILES string of the molecule is CSC1(CNc2c(C(N)=S)cnc3ccccc23)CCC1. The van der Waals surface area contributed by atoms with Crippen LogP contribution in [0.3, 0.4) is 0 Å². The third kappa shape index (κ3) is 2.72. The molecule has 0 bridgehead atoms. The summed E-state index contributed by atoms with van der Waals surface area (Å²) in [5.74, 6) is 0. The average Bonchev–Trinajstić information content (AvgIpc) is 2.46. The third-order valence-electron chi connectivity index (χ3n) is 4.33. The molecule has 21 heavy (non-hydrogen) atoms. The van der Waals surface area contributed by atoms with Gasteiger partial charge in [0.15, 0.2) is 0 Å². The smallest absolute Gasteiger partial charge is 0.107 e. The van der Waals surface area contributed by atoms with Crippen molar-refractivity contribution in [1.29, 1.82) is 0 Å². The molecule has 110 valence electrons. The lowest BCUT2D eigenvalue weighted by molar-refractivity contribution is 0.380. The molecule has 0 spiro atoms. The summed E-state index contributed by atoms with van der Waals surface area (Å²) in [7, 11) is 0. The van der Waals surface area contributed by atoms with Gasteiger partial charge >= 0.3 is 0 Å². The van der Waals surface area contributed by atoms with E-state index in [1.807, 2.05) is 30.0 Å². The van der Waals surface area contributed by atoms with Gasteiger partial charge in [-0.3, -0.25) is 4.98 Å². The highest BCUT2D eigenvalue weighted by atomic mass is 32.2. The van der Waals surface area contributed by atoms with E-state index in [0.717, 1.165) is 28.7 Å². The monoisotopic (exact) mass is 317 g/mol. The van der Waals surface area contributed by atoms with Gasteiger partial charge < -0.3 is 11.1 Å². The van der Waals surface area contributed by atoms with Crippen LogP contribution in [0, 0.1) is 0 Å². The fourth-order valence-electron chi connectivity index (χ4n) is 2.79. The highest BCUT2D eigenvalue weighted by molar-refractivity contribution is 8.00. The zero-order valence-electron chi connectivity index (χ0n) is 12.1. The van der Waals surface area contributed by atoms with Crippen molar-refractivity contribution < 1.29 is 0 Å². The summed E-state index contributed by atoms with van der Waals surface area (Å²) in [6.07, 6.45) is 7.83. The molecule has 1 fully saturated rings. The van der Waals surface area contributed by atoms with Crippen LogP contribution in [0.15, 0.2) is 30.5 Å². The van der Waals surface area contributed by atoms with Gasteiger partial charge in [0.25, 0.3) is 0 Å². The Morgan fingerprint density at radius 3 is 2.81 bits per heavy atom. The summed E-state index contributed by atoms with van der Waals surface area (Å²) < 4.78 is 0.359. The Morgan fingerprint density at radius 2 is 2.19 bits per heavy atom. The van der Waals surface area contributed by atoms with Crippen molar-refractivity contribution in [2.75, 3.05) is 18.1 Å². The van der Waals surface area contributed by atoms with Crippen molar-refractivity contribution in [3.63, 3.8) is 0 Å². The average molecular weight is 317 g/mol. The zero-order valence-corrected chi connectivity index (χ0v) is 13.7. The number of fused-ring (bicyclic) bond motifs is 1. The normalized spacial score (nSPS) is 16.4. The minimum absolute atomic E-state index is 0.359. The molecule has 1 aliphatic carbocycles.